The second kappa shape index (κ2) is 6.15. The van der Waals surface area contributed by atoms with Crippen molar-refractivity contribution in [3.05, 3.63) is 34.9 Å². The molecule has 0 bridgehead atoms. The van der Waals surface area contributed by atoms with Gasteiger partial charge < -0.3 is 14.4 Å². The van der Waals surface area contributed by atoms with Crippen LogP contribution in [0.2, 0.25) is 0 Å². The van der Waals surface area contributed by atoms with Gasteiger partial charge >= 0.3 is 0 Å². The van der Waals surface area contributed by atoms with Crippen LogP contribution in [0.1, 0.15) is 0 Å². The molecule has 1 aliphatic rings. The lowest BCUT2D eigenvalue weighted by Gasteiger charge is -2.29. The maximum absolute atomic E-state index is 12.3. The van der Waals surface area contributed by atoms with Crippen LogP contribution in [0.25, 0.3) is 11.3 Å². The Morgan fingerprint density at radius 3 is 2.82 bits per heavy atom. The van der Waals surface area contributed by atoms with E-state index < -0.39 is 0 Å². The van der Waals surface area contributed by atoms with Gasteiger partial charge in [-0.15, -0.1) is 0 Å². The first-order chi connectivity index (χ1) is 10.7. The first-order valence-electron chi connectivity index (χ1n) is 7.10. The van der Waals surface area contributed by atoms with Crippen molar-refractivity contribution in [2.75, 3.05) is 38.3 Å². The molecule has 0 atom stereocenters. The molecular weight excluding hydrogens is 284 g/mol. The van der Waals surface area contributed by atoms with Gasteiger partial charge in [0, 0.05) is 38.0 Å². The van der Waals surface area contributed by atoms with Crippen LogP contribution in [0.15, 0.2) is 29.3 Å². The summed E-state index contributed by atoms with van der Waals surface area (Å²) >= 11 is 0. The molecule has 1 saturated heterocycles. The standard InChI is InChI=1S/C15H18N4O3/c1-18-14(20)9-12(11-3-4-16-10-13(11)21-2)17-15(18)19-5-7-22-8-6-19/h3-4,9-10H,5-8H2,1-2H3. The van der Waals surface area contributed by atoms with E-state index in [9.17, 15) is 4.79 Å². The van der Waals surface area contributed by atoms with Gasteiger partial charge in [-0.1, -0.05) is 0 Å². The molecule has 7 nitrogen and oxygen atoms in total. The van der Waals surface area contributed by atoms with Crippen molar-refractivity contribution < 1.29 is 9.47 Å². The van der Waals surface area contributed by atoms with Crippen LogP contribution in [0, 0.1) is 0 Å². The Bertz CT molecular complexity index is 723. The molecule has 116 valence electrons. The molecule has 0 aromatic carbocycles. The summed E-state index contributed by atoms with van der Waals surface area (Å²) in [5.74, 6) is 1.24. The monoisotopic (exact) mass is 302 g/mol. The van der Waals surface area contributed by atoms with Gasteiger partial charge in [-0.3, -0.25) is 14.3 Å². The number of morpholine rings is 1. The zero-order valence-electron chi connectivity index (χ0n) is 12.7. The van der Waals surface area contributed by atoms with E-state index in [2.05, 4.69) is 14.9 Å². The first-order valence-corrected chi connectivity index (χ1v) is 7.10. The fourth-order valence-electron chi connectivity index (χ4n) is 2.47. The molecule has 0 spiro atoms. The molecule has 0 saturated carbocycles. The fraction of sp³-hybridized carbons (Fsp3) is 0.400. The highest BCUT2D eigenvalue weighted by molar-refractivity contribution is 5.67. The number of ether oxygens (including phenoxy) is 2. The highest BCUT2D eigenvalue weighted by Crippen LogP contribution is 2.27. The minimum Gasteiger partial charge on any atom is -0.494 e. The van der Waals surface area contributed by atoms with E-state index in [1.165, 1.54) is 6.07 Å². The molecule has 0 aliphatic carbocycles. The van der Waals surface area contributed by atoms with Crippen LogP contribution in [-0.4, -0.2) is 47.9 Å². The first kappa shape index (κ1) is 14.5. The summed E-state index contributed by atoms with van der Waals surface area (Å²) in [5, 5.41) is 0. The third-order valence-electron chi connectivity index (χ3n) is 3.69. The molecule has 2 aromatic rings. The average Bonchev–Trinajstić information content (AvgIpc) is 2.58. The molecular formula is C15H18N4O3. The predicted molar refractivity (Wildman–Crippen MR) is 82.3 cm³/mol. The summed E-state index contributed by atoms with van der Waals surface area (Å²) < 4.78 is 12.2. The molecule has 0 unspecified atom stereocenters. The minimum absolute atomic E-state index is 0.106. The van der Waals surface area contributed by atoms with E-state index >= 15 is 0 Å². The fourth-order valence-corrected chi connectivity index (χ4v) is 2.47. The maximum Gasteiger partial charge on any atom is 0.255 e. The van der Waals surface area contributed by atoms with Crippen molar-refractivity contribution in [3.8, 4) is 17.0 Å². The normalized spacial score (nSPS) is 14.9. The number of rotatable bonds is 3. The summed E-state index contributed by atoms with van der Waals surface area (Å²) in [7, 11) is 3.30. The molecule has 1 fully saturated rings. The zero-order valence-corrected chi connectivity index (χ0v) is 12.7. The molecule has 7 heteroatoms. The zero-order chi connectivity index (χ0) is 15.5. The van der Waals surface area contributed by atoms with Gasteiger partial charge in [0.2, 0.25) is 5.95 Å². The topological polar surface area (TPSA) is 69.5 Å². The van der Waals surface area contributed by atoms with Crippen LogP contribution in [0.4, 0.5) is 5.95 Å². The summed E-state index contributed by atoms with van der Waals surface area (Å²) in [6, 6.07) is 3.31. The Balaban J connectivity index is 2.09. The highest BCUT2D eigenvalue weighted by atomic mass is 16.5. The van der Waals surface area contributed by atoms with Crippen molar-refractivity contribution in [1.29, 1.82) is 0 Å². The van der Waals surface area contributed by atoms with Gasteiger partial charge in [0.1, 0.15) is 5.75 Å². The molecule has 2 aromatic heterocycles. The van der Waals surface area contributed by atoms with Crippen molar-refractivity contribution in [3.63, 3.8) is 0 Å². The Kier molecular flexibility index (Phi) is 4.06. The number of nitrogens with zero attached hydrogens (tertiary/aromatic N) is 4. The predicted octanol–water partition coefficient (Wildman–Crippen LogP) is 0.687. The Morgan fingerprint density at radius 2 is 2.09 bits per heavy atom. The quantitative estimate of drug-likeness (QED) is 0.831. The van der Waals surface area contributed by atoms with E-state index in [1.54, 1.807) is 37.2 Å². The number of hydrogen-bond acceptors (Lipinski definition) is 6. The van der Waals surface area contributed by atoms with Crippen LogP contribution in [0.3, 0.4) is 0 Å². The van der Waals surface area contributed by atoms with E-state index in [0.717, 1.165) is 18.7 Å². The second-order valence-electron chi connectivity index (χ2n) is 5.01. The van der Waals surface area contributed by atoms with Gasteiger partial charge in [-0.25, -0.2) is 4.98 Å². The average molecular weight is 302 g/mol. The lowest BCUT2D eigenvalue weighted by Crippen LogP contribution is -2.40. The number of methoxy groups -OCH3 is 1. The SMILES string of the molecule is COc1cnccc1-c1cc(=O)n(C)c(N2CCOCC2)n1. The lowest BCUT2D eigenvalue weighted by atomic mass is 10.2. The molecule has 3 rings (SSSR count). The Morgan fingerprint density at radius 1 is 1.32 bits per heavy atom. The van der Waals surface area contributed by atoms with Crippen molar-refractivity contribution in [1.82, 2.24) is 14.5 Å². The minimum atomic E-state index is -0.106. The Labute approximate surface area is 128 Å². The van der Waals surface area contributed by atoms with Crippen molar-refractivity contribution >= 4 is 5.95 Å². The third kappa shape index (κ3) is 2.67. The molecule has 22 heavy (non-hydrogen) atoms. The van der Waals surface area contributed by atoms with Crippen molar-refractivity contribution in [2.24, 2.45) is 7.05 Å². The van der Waals surface area contributed by atoms with E-state index in [0.29, 0.717) is 30.6 Å². The summed E-state index contributed by atoms with van der Waals surface area (Å²) in [6.45, 7) is 2.71. The molecule has 1 aliphatic heterocycles. The van der Waals surface area contributed by atoms with Crippen LogP contribution in [-0.2, 0) is 11.8 Å². The van der Waals surface area contributed by atoms with Crippen molar-refractivity contribution in [2.45, 2.75) is 0 Å². The van der Waals surface area contributed by atoms with E-state index in [-0.39, 0.29) is 5.56 Å². The van der Waals surface area contributed by atoms with E-state index in [1.807, 2.05) is 0 Å². The number of anilines is 1. The van der Waals surface area contributed by atoms with Crippen LogP contribution < -0.4 is 15.2 Å². The smallest absolute Gasteiger partial charge is 0.255 e. The van der Waals surface area contributed by atoms with Gasteiger partial charge in [-0.05, 0) is 6.07 Å². The van der Waals surface area contributed by atoms with Gasteiger partial charge in [0.05, 0.1) is 32.2 Å². The van der Waals surface area contributed by atoms with Crippen LogP contribution in [0.5, 0.6) is 5.75 Å². The molecule has 0 amide bonds. The highest BCUT2D eigenvalue weighted by Gasteiger charge is 2.18. The third-order valence-corrected chi connectivity index (χ3v) is 3.69. The molecule has 0 radical (unpaired) electrons. The molecule has 3 heterocycles. The summed E-state index contributed by atoms with van der Waals surface area (Å²) in [4.78, 5) is 23.0. The molecule has 0 N–H and O–H groups in total. The summed E-state index contributed by atoms with van der Waals surface area (Å²) in [5.41, 5.74) is 1.24. The number of aromatic nitrogens is 3. The lowest BCUT2D eigenvalue weighted by molar-refractivity contribution is 0.121. The second-order valence-corrected chi connectivity index (χ2v) is 5.01. The Hall–Kier alpha value is -2.41. The largest absolute Gasteiger partial charge is 0.494 e. The van der Waals surface area contributed by atoms with Gasteiger partial charge in [-0.2, -0.15) is 0 Å². The van der Waals surface area contributed by atoms with E-state index in [4.69, 9.17) is 9.47 Å². The van der Waals surface area contributed by atoms with Gasteiger partial charge in [0.15, 0.2) is 0 Å². The van der Waals surface area contributed by atoms with Gasteiger partial charge in [0.25, 0.3) is 5.56 Å². The maximum atomic E-state index is 12.3. The number of hydrogen-bond donors (Lipinski definition) is 0. The number of pyridine rings is 1. The van der Waals surface area contributed by atoms with Crippen LogP contribution >= 0.6 is 0 Å². The summed E-state index contributed by atoms with van der Waals surface area (Å²) in [6.07, 6.45) is 3.27.